The third-order valence-electron chi connectivity index (χ3n) is 18.0. The zero-order valence-electron chi connectivity index (χ0n) is 47.0. The van der Waals surface area contributed by atoms with Crippen molar-refractivity contribution in [1.29, 1.82) is 0 Å². The van der Waals surface area contributed by atoms with E-state index in [0.29, 0.717) is 0 Å². The summed E-state index contributed by atoms with van der Waals surface area (Å²) in [5, 5.41) is 5.00. The highest BCUT2D eigenvalue weighted by Crippen LogP contribution is 2.59. The zero-order valence-corrected chi connectivity index (χ0v) is 47.0. The van der Waals surface area contributed by atoms with Gasteiger partial charge in [0.1, 0.15) is 0 Å². The molecule has 0 N–H and O–H groups in total. The predicted molar refractivity (Wildman–Crippen MR) is 358 cm³/mol. The van der Waals surface area contributed by atoms with Crippen LogP contribution in [0.5, 0.6) is 0 Å². The lowest BCUT2D eigenvalue weighted by atomic mass is 9.65. The minimum absolute atomic E-state index is 0.386. The molecule has 0 bridgehead atoms. The molecule has 16 rings (SSSR count). The van der Waals surface area contributed by atoms with Crippen molar-refractivity contribution < 1.29 is 0 Å². The molecule has 1 aromatic heterocycles. The van der Waals surface area contributed by atoms with Gasteiger partial charge in [0.05, 0.1) is 16.4 Å². The summed E-state index contributed by atoms with van der Waals surface area (Å²) >= 11 is 0. The standard InChI is InChI=1S/C83H58N2/c1-4-22-68(23-5-1)83(69-24-6-2-7-25-69)78-31-14-12-29-76(78)82-74(30-17-32-79(82)83)62-44-51-73(52-45-62)84(72-49-42-61(43-50-72)67-46-53-81-77(56-67)75-28-13-15-33-80(75)85(81)70-26-8-3-9-27-70)71-47-40-59(41-48-71)58-34-36-60(37-35-58)64-20-16-21-65(54-64)66-39-38-57-18-10-11-19-63(57)55-66/h1-13,15-30,32-56H,14,31H2. The molecule has 1 heterocycles. The summed E-state index contributed by atoms with van der Waals surface area (Å²) in [6, 6.07) is 116. The summed E-state index contributed by atoms with van der Waals surface area (Å²) in [7, 11) is 0. The lowest BCUT2D eigenvalue weighted by molar-refractivity contribution is 0.696. The molecule has 0 amide bonds. The Labute approximate surface area is 496 Å². The Morgan fingerprint density at radius 2 is 0.812 bits per heavy atom. The van der Waals surface area contributed by atoms with E-state index in [1.807, 2.05) is 0 Å². The van der Waals surface area contributed by atoms with E-state index >= 15 is 0 Å². The molecule has 0 unspecified atom stereocenters. The van der Waals surface area contributed by atoms with E-state index in [1.54, 1.807) is 0 Å². The molecule has 0 radical (unpaired) electrons. The monoisotopic (exact) mass is 1080 g/mol. The first-order chi connectivity index (χ1) is 42.1. The van der Waals surface area contributed by atoms with Crippen LogP contribution in [0.25, 0.3) is 99.5 Å². The number of benzene rings is 13. The lowest BCUT2D eigenvalue weighted by Gasteiger charge is -2.36. The summed E-state index contributed by atoms with van der Waals surface area (Å²) in [5.41, 5.74) is 26.6. The summed E-state index contributed by atoms with van der Waals surface area (Å²) in [6.45, 7) is 0. The lowest BCUT2D eigenvalue weighted by Crippen LogP contribution is -2.30. The van der Waals surface area contributed by atoms with E-state index in [0.717, 1.165) is 35.6 Å². The van der Waals surface area contributed by atoms with Crippen molar-refractivity contribution in [2.45, 2.75) is 18.3 Å². The normalized spacial score (nSPS) is 13.3. The molecular formula is C83H58N2. The second-order valence-electron chi connectivity index (χ2n) is 22.7. The minimum Gasteiger partial charge on any atom is -0.311 e. The van der Waals surface area contributed by atoms with E-state index < -0.39 is 0 Å². The third-order valence-corrected chi connectivity index (χ3v) is 18.0. The smallest absolute Gasteiger partial charge is 0.0676 e. The van der Waals surface area contributed by atoms with Crippen LogP contribution in [0.4, 0.5) is 17.1 Å². The molecule has 13 aromatic carbocycles. The van der Waals surface area contributed by atoms with Crippen LogP contribution >= 0.6 is 0 Å². The highest BCUT2D eigenvalue weighted by atomic mass is 15.1. The third kappa shape index (κ3) is 8.56. The average Bonchev–Trinajstić information content (AvgIpc) is 1.90. The molecule has 2 heteroatoms. The highest BCUT2D eigenvalue weighted by Gasteiger charge is 2.48. The molecule has 2 aliphatic carbocycles. The van der Waals surface area contributed by atoms with Gasteiger partial charge in [0, 0.05) is 33.5 Å². The summed E-state index contributed by atoms with van der Waals surface area (Å²) in [4.78, 5) is 2.40. The first-order valence-electron chi connectivity index (χ1n) is 29.7. The summed E-state index contributed by atoms with van der Waals surface area (Å²) in [6.07, 6.45) is 6.81. The van der Waals surface area contributed by atoms with Gasteiger partial charge < -0.3 is 9.47 Å². The van der Waals surface area contributed by atoms with Crippen molar-refractivity contribution in [1.82, 2.24) is 4.57 Å². The van der Waals surface area contributed by atoms with Gasteiger partial charge in [-0.15, -0.1) is 0 Å². The van der Waals surface area contributed by atoms with E-state index in [1.165, 1.54) is 122 Å². The van der Waals surface area contributed by atoms with E-state index in [2.05, 4.69) is 337 Å². The molecule has 400 valence electrons. The topological polar surface area (TPSA) is 8.17 Å². The molecule has 85 heavy (non-hydrogen) atoms. The van der Waals surface area contributed by atoms with Crippen molar-refractivity contribution in [3.8, 4) is 61.3 Å². The number of rotatable bonds is 11. The summed E-state index contributed by atoms with van der Waals surface area (Å²) < 4.78 is 2.38. The maximum Gasteiger partial charge on any atom is 0.0676 e. The Morgan fingerprint density at radius 3 is 1.47 bits per heavy atom. The van der Waals surface area contributed by atoms with Gasteiger partial charge in [0.15, 0.2) is 0 Å². The quantitative estimate of drug-likeness (QED) is 0.125. The van der Waals surface area contributed by atoms with Gasteiger partial charge in [0.2, 0.25) is 0 Å². The largest absolute Gasteiger partial charge is 0.311 e. The van der Waals surface area contributed by atoms with Crippen molar-refractivity contribution in [2.75, 3.05) is 4.90 Å². The Hall–Kier alpha value is -10.8. The first-order valence-corrected chi connectivity index (χ1v) is 29.7. The second-order valence-corrected chi connectivity index (χ2v) is 22.7. The number of hydrogen-bond acceptors (Lipinski definition) is 1. The van der Waals surface area contributed by atoms with Crippen LogP contribution in [0.1, 0.15) is 35.1 Å². The van der Waals surface area contributed by atoms with Crippen molar-refractivity contribution in [3.05, 3.63) is 355 Å². The fraction of sp³-hybridized carbons (Fsp3) is 0.0361. The Bertz CT molecular complexity index is 4840. The van der Waals surface area contributed by atoms with Crippen LogP contribution < -0.4 is 4.90 Å². The van der Waals surface area contributed by atoms with Crippen molar-refractivity contribution in [2.24, 2.45) is 0 Å². The van der Waals surface area contributed by atoms with Gasteiger partial charge in [-0.05, 0) is 192 Å². The average molecular weight is 1080 g/mol. The maximum atomic E-state index is 2.40. The zero-order chi connectivity index (χ0) is 56.3. The fourth-order valence-electron chi connectivity index (χ4n) is 14.0. The van der Waals surface area contributed by atoms with Crippen LogP contribution in [0.2, 0.25) is 0 Å². The van der Waals surface area contributed by atoms with Gasteiger partial charge in [0.25, 0.3) is 0 Å². The molecule has 0 saturated carbocycles. The Morgan fingerprint density at radius 1 is 0.329 bits per heavy atom. The summed E-state index contributed by atoms with van der Waals surface area (Å²) in [5.74, 6) is 0. The molecule has 14 aromatic rings. The molecular weight excluding hydrogens is 1020 g/mol. The fourth-order valence-corrected chi connectivity index (χ4v) is 14.0. The molecule has 2 aliphatic rings. The van der Waals surface area contributed by atoms with Gasteiger partial charge in [-0.2, -0.15) is 0 Å². The first kappa shape index (κ1) is 50.0. The molecule has 0 saturated heterocycles. The van der Waals surface area contributed by atoms with E-state index in [9.17, 15) is 0 Å². The SMILES string of the molecule is C1=CC2=C(CC1)C(c1ccccc1)(c1ccccc1)c1cccc(-c3ccc(N(c4ccc(-c5ccc(-c6cccc(-c7ccc8ccccc8c7)c6)cc5)cc4)c4ccc(-c5ccc6c(c5)c5ccccc5n6-c5ccccc5)cc4)cc3)c12. The second kappa shape index (κ2) is 20.9. The van der Waals surface area contributed by atoms with Crippen LogP contribution in [0, 0.1) is 0 Å². The maximum absolute atomic E-state index is 2.40. The minimum atomic E-state index is -0.386. The molecule has 0 fully saturated rings. The van der Waals surface area contributed by atoms with Crippen molar-refractivity contribution in [3.63, 3.8) is 0 Å². The molecule has 2 nitrogen and oxygen atoms in total. The number of para-hydroxylation sites is 2. The van der Waals surface area contributed by atoms with Crippen molar-refractivity contribution >= 4 is 55.2 Å². The van der Waals surface area contributed by atoms with E-state index in [4.69, 9.17) is 0 Å². The number of aromatic nitrogens is 1. The van der Waals surface area contributed by atoms with Gasteiger partial charge in [-0.1, -0.05) is 249 Å². The van der Waals surface area contributed by atoms with Gasteiger partial charge in [-0.3, -0.25) is 0 Å². The molecule has 0 spiro atoms. The van der Waals surface area contributed by atoms with Crippen LogP contribution in [0.15, 0.2) is 333 Å². The molecule has 0 atom stereocenters. The van der Waals surface area contributed by atoms with Crippen LogP contribution in [0.3, 0.4) is 0 Å². The van der Waals surface area contributed by atoms with E-state index in [-0.39, 0.29) is 5.41 Å². The Kier molecular flexibility index (Phi) is 12.3. The number of hydrogen-bond donors (Lipinski definition) is 0. The number of allylic oxidation sites excluding steroid dienone is 4. The number of fused-ring (bicyclic) bond motifs is 6. The van der Waals surface area contributed by atoms with Crippen LogP contribution in [-0.4, -0.2) is 4.57 Å². The molecule has 0 aliphatic heterocycles. The predicted octanol–water partition coefficient (Wildman–Crippen LogP) is 22.2. The Balaban J connectivity index is 0.761. The number of nitrogens with zero attached hydrogens (tertiary/aromatic N) is 2. The van der Waals surface area contributed by atoms with Crippen LogP contribution in [-0.2, 0) is 5.41 Å². The highest BCUT2D eigenvalue weighted by molar-refractivity contribution is 6.10. The number of anilines is 3. The van der Waals surface area contributed by atoms with Gasteiger partial charge in [-0.25, -0.2) is 0 Å². The van der Waals surface area contributed by atoms with Gasteiger partial charge >= 0.3 is 0 Å².